The number of hydrogen-bond donors (Lipinski definition) is 3. The minimum atomic E-state index is -0.147. The molecule has 1 amide bonds. The fourth-order valence-corrected chi connectivity index (χ4v) is 1.75. The van der Waals surface area contributed by atoms with Crippen molar-refractivity contribution in [3.05, 3.63) is 41.6 Å². The van der Waals surface area contributed by atoms with Gasteiger partial charge in [-0.25, -0.2) is 0 Å². The van der Waals surface area contributed by atoms with Crippen LogP contribution in [0.4, 0.5) is 11.5 Å². The molecule has 0 aliphatic carbocycles. The van der Waals surface area contributed by atoms with E-state index in [-0.39, 0.29) is 5.91 Å². The van der Waals surface area contributed by atoms with Gasteiger partial charge < -0.3 is 10.6 Å². The number of carbonyl (C=O) groups excluding carboxylic acids is 1. The van der Waals surface area contributed by atoms with Crippen LogP contribution in [-0.2, 0) is 0 Å². The smallest absolute Gasteiger partial charge is 0.258 e. The number of carbonyl (C=O) groups is 1. The van der Waals surface area contributed by atoms with E-state index in [1.54, 1.807) is 12.3 Å². The lowest BCUT2D eigenvalue weighted by Gasteiger charge is -2.11. The summed E-state index contributed by atoms with van der Waals surface area (Å²) in [6.45, 7) is 4.82. The molecule has 2 aromatic rings. The zero-order chi connectivity index (χ0) is 13.7. The van der Waals surface area contributed by atoms with Gasteiger partial charge in [0.15, 0.2) is 0 Å². The molecule has 0 saturated carbocycles. The highest BCUT2D eigenvalue weighted by molar-refractivity contribution is 6.07. The number of nitrogens with one attached hydrogen (secondary N) is 3. The number of anilines is 2. The van der Waals surface area contributed by atoms with E-state index in [1.165, 1.54) is 0 Å². The molecule has 5 heteroatoms. The molecule has 0 atom stereocenters. The third-order valence-corrected chi connectivity index (χ3v) is 2.80. The summed E-state index contributed by atoms with van der Waals surface area (Å²) in [5, 5.41) is 12.7. The largest absolute Gasteiger partial charge is 0.384 e. The van der Waals surface area contributed by atoms with Gasteiger partial charge in [-0.05, 0) is 25.5 Å². The SMILES string of the molecule is CCCNc1ccccc1C(=O)Nc1[nH]ncc1C. The van der Waals surface area contributed by atoms with Gasteiger partial charge in [-0.1, -0.05) is 19.1 Å². The predicted molar refractivity (Wildman–Crippen MR) is 76.5 cm³/mol. The van der Waals surface area contributed by atoms with E-state index in [9.17, 15) is 4.79 Å². The first-order valence-corrected chi connectivity index (χ1v) is 6.36. The Labute approximate surface area is 112 Å². The van der Waals surface area contributed by atoms with E-state index >= 15 is 0 Å². The van der Waals surface area contributed by atoms with Gasteiger partial charge in [0.05, 0.1) is 11.8 Å². The lowest BCUT2D eigenvalue weighted by molar-refractivity contribution is 0.102. The number of aromatic amines is 1. The minimum absolute atomic E-state index is 0.147. The lowest BCUT2D eigenvalue weighted by Crippen LogP contribution is -2.15. The first-order valence-electron chi connectivity index (χ1n) is 6.36. The number of amides is 1. The summed E-state index contributed by atoms with van der Waals surface area (Å²) in [6, 6.07) is 7.48. The Hall–Kier alpha value is -2.30. The first kappa shape index (κ1) is 13.1. The summed E-state index contributed by atoms with van der Waals surface area (Å²) in [4.78, 5) is 12.2. The van der Waals surface area contributed by atoms with Crippen molar-refractivity contribution in [2.45, 2.75) is 20.3 Å². The molecule has 0 aliphatic heterocycles. The molecule has 19 heavy (non-hydrogen) atoms. The summed E-state index contributed by atoms with van der Waals surface area (Å²) in [5.74, 6) is 0.488. The van der Waals surface area contributed by atoms with Crippen LogP contribution in [0.25, 0.3) is 0 Å². The number of hydrogen-bond acceptors (Lipinski definition) is 3. The minimum Gasteiger partial charge on any atom is -0.384 e. The predicted octanol–water partition coefficient (Wildman–Crippen LogP) is 2.79. The van der Waals surface area contributed by atoms with Crippen molar-refractivity contribution in [3.8, 4) is 0 Å². The Morgan fingerprint density at radius 1 is 1.37 bits per heavy atom. The van der Waals surface area contributed by atoms with E-state index in [2.05, 4.69) is 27.8 Å². The number of nitrogens with zero attached hydrogens (tertiary/aromatic N) is 1. The van der Waals surface area contributed by atoms with E-state index in [0.717, 1.165) is 24.2 Å². The highest BCUT2D eigenvalue weighted by Gasteiger charge is 2.12. The molecule has 100 valence electrons. The third-order valence-electron chi connectivity index (χ3n) is 2.80. The molecule has 0 fully saturated rings. The Kier molecular flexibility index (Phi) is 4.18. The van der Waals surface area contributed by atoms with Gasteiger partial charge in [0.2, 0.25) is 0 Å². The standard InChI is InChI=1S/C14H18N4O/c1-3-8-15-12-7-5-4-6-11(12)14(19)17-13-10(2)9-16-18-13/h4-7,9,15H,3,8H2,1-2H3,(H2,16,17,18,19). The van der Waals surface area contributed by atoms with Crippen LogP contribution in [-0.4, -0.2) is 22.6 Å². The van der Waals surface area contributed by atoms with Crippen molar-refractivity contribution < 1.29 is 4.79 Å². The molecule has 3 N–H and O–H groups in total. The van der Waals surface area contributed by atoms with Gasteiger partial charge in [-0.3, -0.25) is 9.89 Å². The van der Waals surface area contributed by atoms with Gasteiger partial charge in [-0.15, -0.1) is 0 Å². The van der Waals surface area contributed by atoms with Crippen LogP contribution in [0.2, 0.25) is 0 Å². The maximum Gasteiger partial charge on any atom is 0.258 e. The molecular weight excluding hydrogens is 240 g/mol. The average molecular weight is 258 g/mol. The normalized spacial score (nSPS) is 10.2. The van der Waals surface area contributed by atoms with Crippen LogP contribution in [0.3, 0.4) is 0 Å². The molecule has 1 aromatic carbocycles. The van der Waals surface area contributed by atoms with Crippen molar-refractivity contribution in [3.63, 3.8) is 0 Å². The summed E-state index contributed by atoms with van der Waals surface area (Å²) >= 11 is 0. The highest BCUT2D eigenvalue weighted by Crippen LogP contribution is 2.17. The van der Waals surface area contributed by atoms with E-state index in [0.29, 0.717) is 11.4 Å². The van der Waals surface area contributed by atoms with E-state index < -0.39 is 0 Å². The monoisotopic (exact) mass is 258 g/mol. The van der Waals surface area contributed by atoms with Crippen molar-refractivity contribution in [1.82, 2.24) is 10.2 Å². The molecule has 1 heterocycles. The highest BCUT2D eigenvalue weighted by atomic mass is 16.1. The van der Waals surface area contributed by atoms with Crippen molar-refractivity contribution in [1.29, 1.82) is 0 Å². The molecule has 0 saturated heterocycles. The number of benzene rings is 1. The molecule has 1 aromatic heterocycles. The number of aromatic nitrogens is 2. The van der Waals surface area contributed by atoms with Gasteiger partial charge >= 0.3 is 0 Å². The molecule has 0 aliphatic rings. The summed E-state index contributed by atoms with van der Waals surface area (Å²) in [5.41, 5.74) is 2.39. The second kappa shape index (κ2) is 6.04. The fraction of sp³-hybridized carbons (Fsp3) is 0.286. The summed E-state index contributed by atoms with van der Waals surface area (Å²) in [6.07, 6.45) is 2.69. The molecule has 0 unspecified atom stereocenters. The molecule has 2 rings (SSSR count). The number of H-pyrrole nitrogens is 1. The van der Waals surface area contributed by atoms with E-state index in [1.807, 2.05) is 25.1 Å². The van der Waals surface area contributed by atoms with Gasteiger partial charge in [0, 0.05) is 17.8 Å². The summed E-state index contributed by atoms with van der Waals surface area (Å²) < 4.78 is 0. The number of aryl methyl sites for hydroxylation is 1. The molecule has 5 nitrogen and oxygen atoms in total. The zero-order valence-electron chi connectivity index (χ0n) is 11.2. The van der Waals surface area contributed by atoms with Gasteiger partial charge in [0.25, 0.3) is 5.91 Å². The van der Waals surface area contributed by atoms with Crippen LogP contribution in [0.15, 0.2) is 30.5 Å². The first-order chi connectivity index (χ1) is 9.22. The van der Waals surface area contributed by atoms with Gasteiger partial charge in [0.1, 0.15) is 5.82 Å². The van der Waals surface area contributed by atoms with Crippen molar-refractivity contribution in [2.75, 3.05) is 17.2 Å². The average Bonchev–Trinajstić information content (AvgIpc) is 2.82. The number of para-hydroxylation sites is 1. The van der Waals surface area contributed by atoms with Crippen molar-refractivity contribution in [2.24, 2.45) is 0 Å². The van der Waals surface area contributed by atoms with Crippen LogP contribution in [0.1, 0.15) is 29.3 Å². The molecule has 0 spiro atoms. The Bertz CT molecular complexity index is 562. The quantitative estimate of drug-likeness (QED) is 0.772. The van der Waals surface area contributed by atoms with Gasteiger partial charge in [-0.2, -0.15) is 5.10 Å². The maximum atomic E-state index is 12.2. The molecule has 0 bridgehead atoms. The van der Waals surface area contributed by atoms with E-state index in [4.69, 9.17) is 0 Å². The van der Waals surface area contributed by atoms with Crippen LogP contribution >= 0.6 is 0 Å². The van der Waals surface area contributed by atoms with Crippen LogP contribution in [0, 0.1) is 6.92 Å². The Morgan fingerprint density at radius 3 is 2.84 bits per heavy atom. The lowest BCUT2D eigenvalue weighted by atomic mass is 10.1. The second-order valence-electron chi connectivity index (χ2n) is 4.35. The zero-order valence-corrected chi connectivity index (χ0v) is 11.2. The maximum absolute atomic E-state index is 12.2. The second-order valence-corrected chi connectivity index (χ2v) is 4.35. The number of rotatable bonds is 5. The molecule has 0 radical (unpaired) electrons. The summed E-state index contributed by atoms with van der Waals surface area (Å²) in [7, 11) is 0. The van der Waals surface area contributed by atoms with Crippen LogP contribution < -0.4 is 10.6 Å². The topological polar surface area (TPSA) is 69.8 Å². The van der Waals surface area contributed by atoms with Crippen LogP contribution in [0.5, 0.6) is 0 Å². The third kappa shape index (κ3) is 3.13. The fourth-order valence-electron chi connectivity index (χ4n) is 1.75. The Balaban J connectivity index is 2.17. The Morgan fingerprint density at radius 2 is 2.16 bits per heavy atom. The molecular formula is C14H18N4O. The van der Waals surface area contributed by atoms with Crippen molar-refractivity contribution >= 4 is 17.4 Å².